The largest absolute Gasteiger partial charge is 0.506 e. The number of phenolic OH excluding ortho intramolecular Hbond substituents is 1. The first-order valence-corrected chi connectivity index (χ1v) is 12.9. The van der Waals surface area contributed by atoms with Crippen LogP contribution in [0.1, 0.15) is 38.8 Å². The Hall–Kier alpha value is -3.26. The zero-order valence-electron chi connectivity index (χ0n) is 21.7. The summed E-state index contributed by atoms with van der Waals surface area (Å²) in [5, 5.41) is 43.7. The number of esters is 2. The van der Waals surface area contributed by atoms with Crippen molar-refractivity contribution in [3.8, 4) is 5.75 Å². The monoisotopic (exact) mass is 579 g/mol. The number of phenols is 1. The number of hydrogen-bond acceptors (Lipinski definition) is 11. The lowest BCUT2D eigenvalue weighted by molar-refractivity contribution is -0.295. The number of aliphatic hydroxyl groups is 3. The number of benzene rings is 2. The van der Waals surface area contributed by atoms with Gasteiger partial charge in [-0.25, -0.2) is 9.59 Å². The molecule has 1 amide bonds. The van der Waals surface area contributed by atoms with Crippen LogP contribution < -0.4 is 5.32 Å². The van der Waals surface area contributed by atoms with Gasteiger partial charge in [-0.3, -0.25) is 4.79 Å². The van der Waals surface area contributed by atoms with Gasteiger partial charge in [0.05, 0.1) is 5.56 Å². The van der Waals surface area contributed by atoms with Gasteiger partial charge in [0, 0.05) is 25.0 Å². The Labute approximate surface area is 234 Å². The Kier molecular flexibility index (Phi) is 9.29. The summed E-state index contributed by atoms with van der Waals surface area (Å²) in [5.41, 5.74) is 0.469. The maximum absolute atomic E-state index is 13.3. The fourth-order valence-electron chi connectivity index (χ4n) is 4.64. The lowest BCUT2D eigenvalue weighted by atomic mass is 9.95. The van der Waals surface area contributed by atoms with E-state index in [9.17, 15) is 34.8 Å². The molecule has 1 fully saturated rings. The van der Waals surface area contributed by atoms with Crippen LogP contribution in [0, 0.1) is 0 Å². The smallest absolute Gasteiger partial charge is 0.342 e. The number of carbonyl (C=O) groups excluding carboxylic acids is 3. The molecular weight excluding hydrogens is 550 g/mol. The fourth-order valence-corrected chi connectivity index (χ4v) is 4.92. The molecule has 2 aromatic rings. The molecule has 4 rings (SSSR count). The van der Waals surface area contributed by atoms with Gasteiger partial charge in [-0.1, -0.05) is 41.9 Å². The summed E-state index contributed by atoms with van der Waals surface area (Å²) in [6, 6.07) is 8.64. The number of aromatic hydroxyl groups is 1. The molecule has 0 saturated carbocycles. The molecule has 1 saturated heterocycles. The lowest BCUT2D eigenvalue weighted by Crippen LogP contribution is -2.59. The average molecular weight is 580 g/mol. The second-order valence-electron chi connectivity index (χ2n) is 9.62. The van der Waals surface area contributed by atoms with Gasteiger partial charge in [0.1, 0.15) is 54.5 Å². The number of ether oxygens (including phenoxy) is 4. The topological polar surface area (TPSA) is 181 Å². The van der Waals surface area contributed by atoms with Crippen molar-refractivity contribution in [1.29, 1.82) is 0 Å². The standard InChI is InChI=1S/C27H30ClNO11/c1-12-8-14-16(28)10-15(20(30)19(14)26(36)39-12)24(34)29-17(9-13-6-4-3-5-7-13)25(35)38-11-18-21(31)22(32)23(33)27(37-2)40-18/h3-7,10,12,17-18,21-23,27,30-33H,8-9,11H2,1-2H3,(H,29,34)/t12-,17+,18-,21-,22+,23-,27+/m1/s1. The predicted octanol–water partition coefficient (Wildman–Crippen LogP) is 0.485. The minimum atomic E-state index is -1.62. The van der Waals surface area contributed by atoms with Crippen molar-refractivity contribution in [3.63, 3.8) is 0 Å². The van der Waals surface area contributed by atoms with Gasteiger partial charge in [-0.2, -0.15) is 0 Å². The van der Waals surface area contributed by atoms with E-state index in [0.29, 0.717) is 11.1 Å². The van der Waals surface area contributed by atoms with Crippen molar-refractivity contribution < 1.29 is 53.8 Å². The Morgan fingerprint density at radius 2 is 1.85 bits per heavy atom. The Morgan fingerprint density at radius 1 is 1.15 bits per heavy atom. The first-order valence-electron chi connectivity index (χ1n) is 12.5. The number of amides is 1. The zero-order chi connectivity index (χ0) is 29.1. The van der Waals surface area contributed by atoms with Crippen molar-refractivity contribution in [2.24, 2.45) is 0 Å². The number of aliphatic hydroxyl groups excluding tert-OH is 3. The third kappa shape index (κ3) is 6.22. The van der Waals surface area contributed by atoms with E-state index in [1.807, 2.05) is 0 Å². The predicted molar refractivity (Wildman–Crippen MR) is 138 cm³/mol. The lowest BCUT2D eigenvalue weighted by Gasteiger charge is -2.39. The molecule has 0 bridgehead atoms. The highest BCUT2D eigenvalue weighted by Gasteiger charge is 2.44. The van der Waals surface area contributed by atoms with Crippen LogP contribution in [0.5, 0.6) is 5.75 Å². The maximum atomic E-state index is 13.3. The number of rotatable bonds is 8. The van der Waals surface area contributed by atoms with Crippen molar-refractivity contribution in [2.75, 3.05) is 13.7 Å². The van der Waals surface area contributed by atoms with Crippen LogP contribution in [0.3, 0.4) is 0 Å². The summed E-state index contributed by atoms with van der Waals surface area (Å²) in [6.45, 7) is 1.13. The van der Waals surface area contributed by atoms with Gasteiger partial charge >= 0.3 is 11.9 Å². The van der Waals surface area contributed by atoms with E-state index in [-0.39, 0.29) is 29.0 Å². The summed E-state index contributed by atoms with van der Waals surface area (Å²) in [6.07, 6.45) is -7.46. The van der Waals surface area contributed by atoms with Gasteiger partial charge in [0.15, 0.2) is 6.29 Å². The highest BCUT2D eigenvalue weighted by molar-refractivity contribution is 6.32. The fraction of sp³-hybridized carbons (Fsp3) is 0.444. The van der Waals surface area contributed by atoms with Gasteiger partial charge in [-0.05, 0) is 24.1 Å². The normalized spacial score (nSPS) is 26.8. The van der Waals surface area contributed by atoms with Crippen LogP contribution in [-0.4, -0.2) is 94.8 Å². The zero-order valence-corrected chi connectivity index (χ0v) is 22.4. The highest BCUT2D eigenvalue weighted by atomic mass is 35.5. The van der Waals surface area contributed by atoms with E-state index >= 15 is 0 Å². The van der Waals surface area contributed by atoms with Crippen LogP contribution >= 0.6 is 11.6 Å². The molecule has 0 aromatic heterocycles. The van der Waals surface area contributed by atoms with E-state index in [1.165, 1.54) is 13.2 Å². The van der Waals surface area contributed by atoms with E-state index in [0.717, 1.165) is 0 Å². The van der Waals surface area contributed by atoms with Crippen LogP contribution in [0.4, 0.5) is 0 Å². The molecule has 0 spiro atoms. The molecule has 0 radical (unpaired) electrons. The molecule has 13 heteroatoms. The van der Waals surface area contributed by atoms with E-state index in [2.05, 4.69) is 5.32 Å². The Balaban J connectivity index is 1.54. The van der Waals surface area contributed by atoms with Crippen LogP contribution in [0.2, 0.25) is 5.02 Å². The van der Waals surface area contributed by atoms with Crippen molar-refractivity contribution in [2.45, 2.75) is 62.6 Å². The number of halogens is 1. The minimum absolute atomic E-state index is 0.0134. The quantitative estimate of drug-likeness (QED) is 0.274. The molecule has 40 heavy (non-hydrogen) atoms. The molecule has 2 aliphatic rings. The summed E-state index contributed by atoms with van der Waals surface area (Å²) in [5.74, 6) is -3.27. The van der Waals surface area contributed by atoms with Crippen LogP contribution in [0.25, 0.3) is 0 Å². The summed E-state index contributed by atoms with van der Waals surface area (Å²) in [7, 11) is 1.23. The van der Waals surface area contributed by atoms with E-state index in [1.54, 1.807) is 37.3 Å². The number of methoxy groups -OCH3 is 1. The van der Waals surface area contributed by atoms with Gasteiger partial charge in [-0.15, -0.1) is 0 Å². The highest BCUT2D eigenvalue weighted by Crippen LogP contribution is 2.36. The van der Waals surface area contributed by atoms with E-state index in [4.69, 9.17) is 30.5 Å². The number of fused-ring (bicyclic) bond motifs is 1. The Morgan fingerprint density at radius 3 is 2.52 bits per heavy atom. The second-order valence-corrected chi connectivity index (χ2v) is 10.0. The van der Waals surface area contributed by atoms with E-state index < -0.39 is 73.1 Å². The first kappa shape index (κ1) is 29.7. The second kappa shape index (κ2) is 12.5. The third-order valence-corrected chi connectivity index (χ3v) is 7.10. The summed E-state index contributed by atoms with van der Waals surface area (Å²) in [4.78, 5) is 38.9. The van der Waals surface area contributed by atoms with Gasteiger partial charge < -0.3 is 44.7 Å². The molecule has 2 aromatic carbocycles. The molecule has 0 aliphatic carbocycles. The summed E-state index contributed by atoms with van der Waals surface area (Å²) >= 11 is 6.34. The number of carbonyl (C=O) groups is 3. The van der Waals surface area contributed by atoms with Gasteiger partial charge in [0.2, 0.25) is 0 Å². The molecule has 5 N–H and O–H groups in total. The van der Waals surface area contributed by atoms with Crippen molar-refractivity contribution in [3.05, 3.63) is 63.7 Å². The molecule has 7 atom stereocenters. The molecule has 2 aliphatic heterocycles. The SMILES string of the molecule is CO[C@H]1O[C@H](COC(=O)[C@H](Cc2ccccc2)NC(=O)c2cc(Cl)c3c(c2O)C(=O)O[C@H](C)C3)[C@@H](O)[C@H](O)[C@H]1O. The van der Waals surface area contributed by atoms with Crippen LogP contribution in [0.15, 0.2) is 36.4 Å². The maximum Gasteiger partial charge on any atom is 0.342 e. The molecule has 0 unspecified atom stereocenters. The molecule has 2 heterocycles. The first-order chi connectivity index (χ1) is 19.0. The Bertz CT molecular complexity index is 1250. The number of nitrogens with one attached hydrogen (secondary N) is 1. The molecular formula is C27H30ClNO11. The number of cyclic esters (lactones) is 1. The average Bonchev–Trinajstić information content (AvgIpc) is 2.93. The minimum Gasteiger partial charge on any atom is -0.506 e. The van der Waals surface area contributed by atoms with Gasteiger partial charge in [0.25, 0.3) is 5.91 Å². The summed E-state index contributed by atoms with van der Waals surface area (Å²) < 4.78 is 20.8. The van der Waals surface area contributed by atoms with Crippen molar-refractivity contribution >= 4 is 29.4 Å². The van der Waals surface area contributed by atoms with Crippen LogP contribution in [-0.2, 0) is 36.6 Å². The number of hydrogen-bond donors (Lipinski definition) is 5. The molecule has 216 valence electrons. The van der Waals surface area contributed by atoms with Crippen molar-refractivity contribution in [1.82, 2.24) is 5.32 Å². The third-order valence-electron chi connectivity index (χ3n) is 6.76. The molecule has 12 nitrogen and oxygen atoms in total.